The highest BCUT2D eigenvalue weighted by molar-refractivity contribution is 8.02. The minimum atomic E-state index is -0.984. The summed E-state index contributed by atoms with van der Waals surface area (Å²) in [6, 6.07) is 0. The van der Waals surface area contributed by atoms with Crippen LogP contribution < -0.4 is 0 Å². The smallest absolute Gasteiger partial charge is 0.0553 e. The van der Waals surface area contributed by atoms with Crippen LogP contribution in [0.4, 0.5) is 0 Å². The summed E-state index contributed by atoms with van der Waals surface area (Å²) in [7, 11) is 4.24. The van der Waals surface area contributed by atoms with E-state index in [9.17, 15) is 0 Å². The van der Waals surface area contributed by atoms with E-state index in [0.717, 1.165) is 24.1 Å². The highest BCUT2D eigenvalue weighted by Gasteiger charge is 2.61. The van der Waals surface area contributed by atoms with Gasteiger partial charge in [-0.05, 0) is 5.41 Å². The lowest BCUT2D eigenvalue weighted by molar-refractivity contribution is 0.386. The van der Waals surface area contributed by atoms with Gasteiger partial charge < -0.3 is 0 Å². The van der Waals surface area contributed by atoms with Gasteiger partial charge in [-0.3, -0.25) is 0 Å². The second kappa shape index (κ2) is 2.99. The molecule has 2 unspecified atom stereocenters. The lowest BCUT2D eigenvalue weighted by atomic mass is 9.22. The SMILES string of the molecule is CC(C)(C)C1B2[B]B2[B]C1[Si](C)(C)C. The van der Waals surface area contributed by atoms with Crippen LogP contribution in [0.5, 0.6) is 0 Å². The molecule has 14 heavy (non-hydrogen) atoms. The molecule has 2 heterocycles. The van der Waals surface area contributed by atoms with Crippen molar-refractivity contribution in [3.63, 3.8) is 0 Å². The second-order valence-electron chi connectivity index (χ2n) is 7.32. The average Bonchev–Trinajstić information content (AvgIpc) is 2.56. The van der Waals surface area contributed by atoms with E-state index in [4.69, 9.17) is 0 Å². The molecule has 2 radical (unpaired) electrons. The Morgan fingerprint density at radius 1 is 1.14 bits per heavy atom. The minimum absolute atomic E-state index is 0.494. The largest absolute Gasteiger partial charge is 0.0863 e. The van der Waals surface area contributed by atoms with Crippen LogP contribution >= 0.6 is 0 Å². The van der Waals surface area contributed by atoms with Crippen LogP contribution in [0.15, 0.2) is 0 Å². The summed E-state index contributed by atoms with van der Waals surface area (Å²) in [6.45, 7) is 15.8. The van der Waals surface area contributed by atoms with Gasteiger partial charge >= 0.3 is 0 Å². The Bertz CT molecular complexity index is 242. The maximum Gasteiger partial charge on any atom is 0.0553 e. The van der Waals surface area contributed by atoms with Crippen LogP contribution in [0.25, 0.3) is 0 Å². The number of rotatable bonds is 1. The van der Waals surface area contributed by atoms with Gasteiger partial charge in [0, 0.05) is 28.0 Å². The number of hydrogen-bond donors (Lipinski definition) is 0. The Labute approximate surface area is 92.6 Å². The number of hydrogen-bond acceptors (Lipinski definition) is 0. The first-order valence-corrected chi connectivity index (χ1v) is 9.49. The van der Waals surface area contributed by atoms with Gasteiger partial charge in [-0.25, -0.2) is 0 Å². The minimum Gasteiger partial charge on any atom is -0.0863 e. The fourth-order valence-electron chi connectivity index (χ4n) is 3.29. The van der Waals surface area contributed by atoms with Crippen LogP contribution in [0.1, 0.15) is 20.8 Å². The summed E-state index contributed by atoms with van der Waals surface area (Å²) in [5.74, 6) is 0.930. The van der Waals surface area contributed by atoms with E-state index in [-0.39, 0.29) is 0 Å². The maximum atomic E-state index is 2.67. The summed E-state index contributed by atoms with van der Waals surface area (Å²) < 4.78 is 0. The van der Waals surface area contributed by atoms with Gasteiger partial charge in [-0.15, -0.1) is 0 Å². The molecule has 0 saturated carbocycles. The van der Waals surface area contributed by atoms with Gasteiger partial charge in [-0.2, -0.15) is 0 Å². The molecule has 0 nitrogen and oxygen atoms in total. The molecule has 0 aromatic rings. The van der Waals surface area contributed by atoms with E-state index in [1.807, 2.05) is 0 Å². The lowest BCUT2D eigenvalue weighted by Crippen LogP contribution is -2.39. The summed E-state index contributed by atoms with van der Waals surface area (Å²) >= 11 is 0. The van der Waals surface area contributed by atoms with Gasteiger partial charge in [0.05, 0.1) is 7.17 Å². The first kappa shape index (κ1) is 11.0. The molecule has 5 heteroatoms. The van der Waals surface area contributed by atoms with E-state index in [0.29, 0.717) is 5.41 Å². The second-order valence-corrected chi connectivity index (χ2v) is 12.7. The zero-order valence-electron chi connectivity index (χ0n) is 10.5. The summed E-state index contributed by atoms with van der Waals surface area (Å²) in [5, 5.41) is 0. The van der Waals surface area contributed by atoms with Crippen LogP contribution in [0.3, 0.4) is 0 Å². The predicted molar refractivity (Wildman–Crippen MR) is 73.3 cm³/mol. The lowest BCUT2D eigenvalue weighted by Gasteiger charge is -2.41. The van der Waals surface area contributed by atoms with E-state index >= 15 is 0 Å². The van der Waals surface area contributed by atoms with Crippen molar-refractivity contribution in [2.45, 2.75) is 51.7 Å². The maximum absolute atomic E-state index is 2.67. The Morgan fingerprint density at radius 2 is 1.71 bits per heavy atom. The van der Waals surface area contributed by atoms with E-state index in [2.05, 4.69) is 54.6 Å². The van der Waals surface area contributed by atoms with Crippen molar-refractivity contribution in [2.24, 2.45) is 5.41 Å². The zero-order valence-corrected chi connectivity index (χ0v) is 11.5. The Morgan fingerprint density at radius 3 is 2.07 bits per heavy atom. The third-order valence-electron chi connectivity index (χ3n) is 3.98. The van der Waals surface area contributed by atoms with Crippen molar-refractivity contribution in [3.8, 4) is 0 Å². The fraction of sp³-hybridized carbons (Fsp3) is 1.00. The van der Waals surface area contributed by atoms with Crippen molar-refractivity contribution in [3.05, 3.63) is 0 Å². The van der Waals surface area contributed by atoms with Crippen molar-refractivity contribution < 1.29 is 0 Å². The molecule has 2 aliphatic rings. The van der Waals surface area contributed by atoms with Crippen LogP contribution in [-0.4, -0.2) is 35.2 Å². The fourth-order valence-corrected chi connectivity index (χ4v) is 5.89. The molecule has 2 aliphatic heterocycles. The van der Waals surface area contributed by atoms with Crippen molar-refractivity contribution in [2.75, 3.05) is 0 Å². The molecular formula is C9H20B4Si. The van der Waals surface area contributed by atoms with Crippen LogP contribution in [-0.2, 0) is 0 Å². The van der Waals surface area contributed by atoms with Gasteiger partial charge in [0.2, 0.25) is 0 Å². The molecule has 0 aliphatic carbocycles. The molecule has 0 aromatic heterocycles. The predicted octanol–water partition coefficient (Wildman–Crippen LogP) is 2.06. The number of fused-ring (bicyclic) bond motifs is 1. The quantitative estimate of drug-likeness (QED) is 0.567. The van der Waals surface area contributed by atoms with Gasteiger partial charge in [0.25, 0.3) is 0 Å². The average molecular weight is 200 g/mol. The van der Waals surface area contributed by atoms with Crippen molar-refractivity contribution in [1.82, 2.24) is 0 Å². The van der Waals surface area contributed by atoms with Crippen molar-refractivity contribution in [1.29, 1.82) is 0 Å². The van der Waals surface area contributed by atoms with E-state index < -0.39 is 8.07 Å². The van der Waals surface area contributed by atoms with E-state index in [1.165, 1.54) is 0 Å². The summed E-state index contributed by atoms with van der Waals surface area (Å²) in [4.78, 5) is 0. The molecule has 2 fully saturated rings. The first-order chi connectivity index (χ1) is 6.21. The normalized spacial score (nSPS) is 31.0. The van der Waals surface area contributed by atoms with Crippen LogP contribution in [0, 0.1) is 5.41 Å². The highest BCUT2D eigenvalue weighted by atomic mass is 28.3. The van der Waals surface area contributed by atoms with Crippen LogP contribution in [0.2, 0.25) is 30.9 Å². The third kappa shape index (κ3) is 1.77. The monoisotopic (exact) mass is 200 g/mol. The van der Waals surface area contributed by atoms with Gasteiger partial charge in [0.15, 0.2) is 0 Å². The molecule has 0 spiro atoms. The van der Waals surface area contributed by atoms with Gasteiger partial charge in [0.1, 0.15) is 0 Å². The van der Waals surface area contributed by atoms with Gasteiger partial charge in [-0.1, -0.05) is 51.7 Å². The van der Waals surface area contributed by atoms with E-state index in [1.54, 1.807) is 0 Å². The Kier molecular flexibility index (Phi) is 2.35. The standard InChI is InChI=1S/C9H20B4Si/c1-9(2,3)7-8(14(4,5)6)10-13-11-12(7)13/h7-8H,1-6H3. The molecule has 0 bridgehead atoms. The Hall–Kier alpha value is 0.477. The highest BCUT2D eigenvalue weighted by Crippen LogP contribution is 2.54. The first-order valence-electron chi connectivity index (χ1n) is 5.91. The third-order valence-corrected chi connectivity index (χ3v) is 6.53. The molecule has 2 rings (SSSR count). The molecule has 0 N–H and O–H groups in total. The molecular weight excluding hydrogens is 179 g/mol. The molecule has 2 atom stereocenters. The molecule has 0 aromatic carbocycles. The summed E-state index contributed by atoms with van der Waals surface area (Å²) in [5.41, 5.74) is 1.44. The molecule has 2 saturated heterocycles. The molecule has 0 amide bonds. The summed E-state index contributed by atoms with van der Waals surface area (Å²) in [6.07, 6.45) is 0.885. The zero-order chi connectivity index (χ0) is 10.7. The Balaban J connectivity index is 2.20. The topological polar surface area (TPSA) is 0 Å². The van der Waals surface area contributed by atoms with Crippen molar-refractivity contribution >= 4 is 35.2 Å². The molecule has 72 valence electrons.